The fraction of sp³-hybridized carbons (Fsp3) is 0.176. The van der Waals surface area contributed by atoms with Crippen molar-refractivity contribution in [3.05, 3.63) is 52.4 Å². The SMILES string of the molecule is Cc1c([SH]2C=Cc3c(CO)c[c]cc32)ccc2c1nnn2C. The number of thiol groups is 1. The summed E-state index contributed by atoms with van der Waals surface area (Å²) in [7, 11) is 1.35. The third kappa shape index (κ3) is 1.82. The summed E-state index contributed by atoms with van der Waals surface area (Å²) in [6, 6.07) is 11.3. The molecular formula is C17H16N3OS. The van der Waals surface area contributed by atoms with Crippen molar-refractivity contribution in [1.82, 2.24) is 15.0 Å². The number of aliphatic hydroxyl groups is 1. The van der Waals surface area contributed by atoms with E-state index in [1.807, 2.05) is 19.2 Å². The predicted molar refractivity (Wildman–Crippen MR) is 89.0 cm³/mol. The summed E-state index contributed by atoms with van der Waals surface area (Å²) in [6.07, 6.45) is 2.13. The minimum atomic E-state index is -0.563. The van der Waals surface area contributed by atoms with E-state index in [-0.39, 0.29) is 6.61 Å². The molecule has 1 aliphatic rings. The molecule has 0 saturated heterocycles. The zero-order chi connectivity index (χ0) is 15.3. The summed E-state index contributed by atoms with van der Waals surface area (Å²) in [5.41, 5.74) is 5.29. The Morgan fingerprint density at radius 2 is 2.14 bits per heavy atom. The van der Waals surface area contributed by atoms with E-state index in [2.05, 4.69) is 46.9 Å². The maximum absolute atomic E-state index is 9.49. The number of hydrogen-bond donors (Lipinski definition) is 2. The van der Waals surface area contributed by atoms with Crippen molar-refractivity contribution in [1.29, 1.82) is 0 Å². The standard InChI is InChI=1S/C17H16N3OS/c1-11-15(7-6-14-17(11)18-19-20(14)2)22-9-8-13-12(10-21)4-3-5-16(13)22/h4-9,21-22H,10H2,1-2H3. The Bertz CT molecular complexity index is 914. The number of aliphatic hydroxyl groups excluding tert-OH is 1. The molecule has 0 aliphatic carbocycles. The van der Waals surface area contributed by atoms with Crippen molar-refractivity contribution in [3.63, 3.8) is 0 Å². The van der Waals surface area contributed by atoms with Crippen LogP contribution in [0.15, 0.2) is 39.5 Å². The molecule has 1 N–H and O–H groups in total. The molecule has 0 saturated carbocycles. The molecule has 2 aromatic carbocycles. The van der Waals surface area contributed by atoms with Crippen LogP contribution < -0.4 is 0 Å². The molecule has 4 nitrogen and oxygen atoms in total. The van der Waals surface area contributed by atoms with Crippen molar-refractivity contribution >= 4 is 28.0 Å². The second kappa shape index (κ2) is 4.97. The highest BCUT2D eigenvalue weighted by Crippen LogP contribution is 2.54. The third-order valence-corrected chi connectivity index (χ3v) is 6.53. The lowest BCUT2D eigenvalue weighted by Gasteiger charge is -2.19. The lowest BCUT2D eigenvalue weighted by atomic mass is 10.1. The first kappa shape index (κ1) is 13.5. The number of aromatic nitrogens is 3. The smallest absolute Gasteiger partial charge is 0.117 e. The summed E-state index contributed by atoms with van der Waals surface area (Å²) in [6.45, 7) is 2.16. The van der Waals surface area contributed by atoms with Crippen molar-refractivity contribution in [2.75, 3.05) is 0 Å². The molecule has 1 atom stereocenters. The summed E-state index contributed by atoms with van der Waals surface area (Å²) in [4.78, 5) is 2.55. The molecule has 3 aromatic rings. The lowest BCUT2D eigenvalue weighted by molar-refractivity contribution is 0.281. The average Bonchev–Trinajstić information content (AvgIpc) is 3.12. The molecule has 4 rings (SSSR count). The Morgan fingerprint density at radius 3 is 2.95 bits per heavy atom. The van der Waals surface area contributed by atoms with Gasteiger partial charge in [-0.2, -0.15) is 10.9 Å². The van der Waals surface area contributed by atoms with Crippen LogP contribution in [-0.4, -0.2) is 20.1 Å². The van der Waals surface area contributed by atoms with Gasteiger partial charge < -0.3 is 5.11 Å². The Hall–Kier alpha value is -2.11. The molecule has 1 aromatic heterocycles. The first-order valence-electron chi connectivity index (χ1n) is 7.11. The van der Waals surface area contributed by atoms with E-state index in [9.17, 15) is 5.11 Å². The van der Waals surface area contributed by atoms with Crippen LogP contribution >= 0.6 is 10.9 Å². The van der Waals surface area contributed by atoms with Crippen molar-refractivity contribution in [2.24, 2.45) is 7.05 Å². The van der Waals surface area contributed by atoms with E-state index in [0.29, 0.717) is 0 Å². The summed E-state index contributed by atoms with van der Waals surface area (Å²) in [5, 5.41) is 20.1. The maximum atomic E-state index is 9.49. The number of aryl methyl sites for hydroxylation is 2. The average molecular weight is 310 g/mol. The topological polar surface area (TPSA) is 50.9 Å². The van der Waals surface area contributed by atoms with E-state index in [0.717, 1.165) is 22.2 Å². The molecular weight excluding hydrogens is 294 g/mol. The van der Waals surface area contributed by atoms with E-state index < -0.39 is 10.9 Å². The minimum absolute atomic E-state index is 0.0510. The molecule has 1 radical (unpaired) electrons. The van der Waals surface area contributed by atoms with E-state index in [4.69, 9.17) is 0 Å². The van der Waals surface area contributed by atoms with Crippen LogP contribution in [0, 0.1) is 13.0 Å². The zero-order valence-corrected chi connectivity index (χ0v) is 13.3. The second-order valence-corrected chi connectivity index (χ2v) is 7.42. The number of hydrogen-bond acceptors (Lipinski definition) is 3. The van der Waals surface area contributed by atoms with Crippen LogP contribution in [0.2, 0.25) is 0 Å². The first-order chi connectivity index (χ1) is 10.7. The van der Waals surface area contributed by atoms with Gasteiger partial charge in [0.1, 0.15) is 5.52 Å². The molecule has 111 valence electrons. The lowest BCUT2D eigenvalue weighted by Crippen LogP contribution is -1.92. The van der Waals surface area contributed by atoms with Crippen molar-refractivity contribution < 1.29 is 5.11 Å². The van der Waals surface area contributed by atoms with E-state index in [1.54, 1.807) is 4.68 Å². The van der Waals surface area contributed by atoms with Gasteiger partial charge in [-0.05, 0) is 65.4 Å². The Balaban J connectivity index is 1.89. The molecule has 5 heteroatoms. The highest BCUT2D eigenvalue weighted by molar-refractivity contribution is 8.20. The van der Waals surface area contributed by atoms with Crippen LogP contribution in [0.3, 0.4) is 0 Å². The van der Waals surface area contributed by atoms with Gasteiger partial charge in [-0.1, -0.05) is 5.21 Å². The number of fused-ring (bicyclic) bond motifs is 2. The van der Waals surface area contributed by atoms with Gasteiger partial charge in [0.05, 0.1) is 12.1 Å². The Morgan fingerprint density at radius 1 is 1.27 bits per heavy atom. The molecule has 0 bridgehead atoms. The molecule has 0 fully saturated rings. The van der Waals surface area contributed by atoms with Gasteiger partial charge in [0.15, 0.2) is 0 Å². The maximum Gasteiger partial charge on any atom is 0.117 e. The van der Waals surface area contributed by atoms with Crippen LogP contribution in [0.25, 0.3) is 17.1 Å². The van der Waals surface area contributed by atoms with E-state index >= 15 is 0 Å². The number of nitrogens with zero attached hydrogens (tertiary/aromatic N) is 3. The largest absolute Gasteiger partial charge is 0.392 e. The summed E-state index contributed by atoms with van der Waals surface area (Å²) in [5.74, 6) is 0. The number of benzene rings is 2. The van der Waals surface area contributed by atoms with Crippen LogP contribution in [0.1, 0.15) is 16.7 Å². The fourth-order valence-corrected chi connectivity index (χ4v) is 5.26. The summed E-state index contributed by atoms with van der Waals surface area (Å²) >= 11 is 0. The van der Waals surface area contributed by atoms with E-state index in [1.165, 1.54) is 15.4 Å². The van der Waals surface area contributed by atoms with Crippen LogP contribution in [0.4, 0.5) is 0 Å². The van der Waals surface area contributed by atoms with Gasteiger partial charge in [0.2, 0.25) is 0 Å². The monoisotopic (exact) mass is 310 g/mol. The highest BCUT2D eigenvalue weighted by Gasteiger charge is 2.21. The first-order valence-corrected chi connectivity index (χ1v) is 8.52. The van der Waals surface area contributed by atoms with Gasteiger partial charge in [0, 0.05) is 16.8 Å². The van der Waals surface area contributed by atoms with Gasteiger partial charge in [-0.3, -0.25) is 0 Å². The number of rotatable bonds is 2. The molecule has 0 spiro atoms. The van der Waals surface area contributed by atoms with Gasteiger partial charge in [-0.15, -0.1) is 5.10 Å². The molecule has 1 aliphatic heterocycles. The molecule has 1 unspecified atom stereocenters. The normalized spacial score (nSPS) is 18.0. The Kier molecular flexibility index (Phi) is 3.06. The van der Waals surface area contributed by atoms with Crippen molar-refractivity contribution in [3.8, 4) is 0 Å². The predicted octanol–water partition coefficient (Wildman–Crippen LogP) is 2.97. The van der Waals surface area contributed by atoms with Crippen LogP contribution in [0.5, 0.6) is 0 Å². The zero-order valence-electron chi connectivity index (χ0n) is 12.4. The van der Waals surface area contributed by atoms with Gasteiger partial charge in [0.25, 0.3) is 0 Å². The second-order valence-electron chi connectivity index (χ2n) is 5.41. The third-order valence-electron chi connectivity index (χ3n) is 4.19. The van der Waals surface area contributed by atoms with Gasteiger partial charge in [-0.25, -0.2) is 4.68 Å². The van der Waals surface area contributed by atoms with Crippen molar-refractivity contribution in [2.45, 2.75) is 23.3 Å². The fourth-order valence-electron chi connectivity index (χ4n) is 2.99. The van der Waals surface area contributed by atoms with Gasteiger partial charge >= 0.3 is 0 Å². The quantitative estimate of drug-likeness (QED) is 0.716. The minimum Gasteiger partial charge on any atom is -0.392 e. The summed E-state index contributed by atoms with van der Waals surface area (Å²) < 4.78 is 1.80. The van der Waals surface area contributed by atoms with Crippen LogP contribution in [-0.2, 0) is 13.7 Å². The Labute approximate surface area is 131 Å². The molecule has 0 amide bonds. The highest BCUT2D eigenvalue weighted by atomic mass is 32.2. The molecule has 22 heavy (non-hydrogen) atoms. The molecule has 2 heterocycles.